The Morgan fingerprint density at radius 1 is 0.455 bits per heavy atom. The molecule has 0 bridgehead atoms. The minimum absolute atomic E-state index is 0.0528. The Balaban J connectivity index is 3.85. The number of carbonyl (C=O) groups excluding carboxylic acids is 2. The summed E-state index contributed by atoms with van der Waals surface area (Å²) in [7, 11) is -4.38. The number of hydrogen-bond donors (Lipinski definition) is 2. The average Bonchev–Trinajstić information content (AvgIpc) is 3.31. The highest BCUT2D eigenvalue weighted by atomic mass is 31.2. The van der Waals surface area contributed by atoms with Crippen LogP contribution in [0.15, 0.2) is 24.3 Å². The molecule has 0 aliphatic rings. The zero-order chi connectivity index (χ0) is 48.1. The van der Waals surface area contributed by atoms with Gasteiger partial charge in [-0.05, 0) is 44.9 Å². The summed E-state index contributed by atoms with van der Waals surface area (Å²) in [5.74, 6) is -0.830. The maximum atomic E-state index is 12.6. The molecule has 0 aromatic heterocycles. The molecule has 3 N–H and O–H groups in total. The molecule has 0 radical (unpaired) electrons. The van der Waals surface area contributed by atoms with Crippen LogP contribution in [0.25, 0.3) is 0 Å². The van der Waals surface area contributed by atoms with Gasteiger partial charge in [-0.2, -0.15) is 0 Å². The molecule has 0 aliphatic heterocycles. The van der Waals surface area contributed by atoms with E-state index in [1.165, 1.54) is 199 Å². The van der Waals surface area contributed by atoms with Crippen molar-refractivity contribution in [2.24, 2.45) is 5.73 Å². The number of hydrogen-bond acceptors (Lipinski definition) is 8. The van der Waals surface area contributed by atoms with Crippen LogP contribution in [0.3, 0.4) is 0 Å². The maximum absolute atomic E-state index is 12.6. The third kappa shape index (κ3) is 51.9. The molecule has 0 heterocycles. The third-order valence-electron chi connectivity index (χ3n) is 12.6. The zero-order valence-corrected chi connectivity index (χ0v) is 44.3. The van der Waals surface area contributed by atoms with Crippen molar-refractivity contribution < 1.29 is 37.6 Å². The second-order valence-electron chi connectivity index (χ2n) is 19.2. The Kier molecular flexibility index (Phi) is 51.6. The molecule has 0 aromatic carbocycles. The first-order chi connectivity index (χ1) is 32.3. The van der Waals surface area contributed by atoms with Crippen molar-refractivity contribution >= 4 is 19.8 Å². The highest BCUT2D eigenvalue weighted by Crippen LogP contribution is 2.43. The predicted octanol–water partition coefficient (Wildman–Crippen LogP) is 17.5. The van der Waals surface area contributed by atoms with Gasteiger partial charge in [0.1, 0.15) is 6.61 Å². The Hall–Kier alpha value is -1.51. The van der Waals surface area contributed by atoms with Gasteiger partial charge in [0.15, 0.2) is 6.10 Å². The number of phosphoric acid groups is 1. The summed E-state index contributed by atoms with van der Waals surface area (Å²) in [6.45, 7) is 3.74. The molecule has 0 fully saturated rings. The molecule has 0 aromatic rings. The number of phosphoric ester groups is 1. The normalized spacial score (nSPS) is 13.2. The van der Waals surface area contributed by atoms with Gasteiger partial charge in [0.2, 0.25) is 0 Å². The quantitative estimate of drug-likeness (QED) is 0.0264. The lowest BCUT2D eigenvalue weighted by Gasteiger charge is -2.19. The topological polar surface area (TPSA) is 134 Å². The van der Waals surface area contributed by atoms with E-state index in [-0.39, 0.29) is 38.6 Å². The van der Waals surface area contributed by atoms with Crippen molar-refractivity contribution in [2.45, 2.75) is 296 Å². The summed E-state index contributed by atoms with van der Waals surface area (Å²) < 4.78 is 32.9. The van der Waals surface area contributed by atoms with Crippen LogP contribution in [0.2, 0.25) is 0 Å². The van der Waals surface area contributed by atoms with E-state index in [0.29, 0.717) is 6.42 Å². The van der Waals surface area contributed by atoms with E-state index in [4.69, 9.17) is 24.3 Å². The van der Waals surface area contributed by atoms with Crippen LogP contribution in [-0.4, -0.2) is 49.3 Å². The van der Waals surface area contributed by atoms with Gasteiger partial charge >= 0.3 is 19.8 Å². The minimum Gasteiger partial charge on any atom is -0.462 e. The van der Waals surface area contributed by atoms with Crippen molar-refractivity contribution in [1.29, 1.82) is 0 Å². The van der Waals surface area contributed by atoms with E-state index in [1.807, 2.05) is 0 Å². The van der Waals surface area contributed by atoms with E-state index < -0.39 is 26.5 Å². The van der Waals surface area contributed by atoms with Crippen LogP contribution in [0, 0.1) is 0 Å². The van der Waals surface area contributed by atoms with Gasteiger partial charge in [-0.3, -0.25) is 18.6 Å². The molecule has 0 amide bonds. The number of allylic oxidation sites excluding steroid dienone is 4. The fourth-order valence-electron chi connectivity index (χ4n) is 8.37. The molecule has 0 saturated carbocycles. The molecular weight excluding hydrogens is 846 g/mol. The summed E-state index contributed by atoms with van der Waals surface area (Å²) in [6, 6.07) is 0. The monoisotopic (exact) mass is 954 g/mol. The SMILES string of the molecule is CCCCC/C=C\C/C=C\CCCCCCCC(=O)OC(COC(=O)CCCCCCCCCCCCCCCCCCCCCCCCCCCCCCCC)COP(=O)(O)OCCN. The van der Waals surface area contributed by atoms with Crippen LogP contribution in [0.5, 0.6) is 0 Å². The Labute approximate surface area is 408 Å². The molecule has 0 spiro atoms. The molecule has 0 aliphatic carbocycles. The second-order valence-corrected chi connectivity index (χ2v) is 20.6. The Morgan fingerprint density at radius 2 is 0.788 bits per heavy atom. The molecule has 0 saturated heterocycles. The number of nitrogens with two attached hydrogens (primary N) is 1. The highest BCUT2D eigenvalue weighted by Gasteiger charge is 2.26. The van der Waals surface area contributed by atoms with E-state index in [2.05, 4.69) is 38.2 Å². The zero-order valence-electron chi connectivity index (χ0n) is 43.5. The van der Waals surface area contributed by atoms with E-state index in [9.17, 15) is 19.0 Å². The molecule has 66 heavy (non-hydrogen) atoms. The van der Waals surface area contributed by atoms with Crippen LogP contribution in [0.4, 0.5) is 0 Å². The molecular formula is C56H108NO8P. The molecule has 390 valence electrons. The number of carbonyl (C=O) groups is 2. The van der Waals surface area contributed by atoms with Crippen molar-refractivity contribution in [1.82, 2.24) is 0 Å². The smallest absolute Gasteiger partial charge is 0.462 e. The number of rotatable bonds is 54. The third-order valence-corrected chi connectivity index (χ3v) is 13.6. The summed E-state index contributed by atoms with van der Waals surface area (Å²) in [4.78, 5) is 35.1. The van der Waals surface area contributed by atoms with Crippen molar-refractivity contribution in [3.63, 3.8) is 0 Å². The Bertz CT molecular complexity index is 1130. The lowest BCUT2D eigenvalue weighted by atomic mass is 10.0. The van der Waals surface area contributed by atoms with Crippen LogP contribution in [0.1, 0.15) is 290 Å². The van der Waals surface area contributed by atoms with Gasteiger partial charge in [0.05, 0.1) is 13.2 Å². The summed E-state index contributed by atoms with van der Waals surface area (Å²) in [5, 5.41) is 0. The second kappa shape index (κ2) is 52.9. The predicted molar refractivity (Wildman–Crippen MR) is 280 cm³/mol. The molecule has 0 rings (SSSR count). The fraction of sp³-hybridized carbons (Fsp3) is 0.893. The standard InChI is InChI=1S/C56H108NO8P/c1-3-5-7-9-11-13-15-17-19-20-21-22-23-24-25-26-27-28-29-30-31-32-33-35-36-38-40-42-44-46-48-55(58)62-52-54(53-64-66(60,61)63-51-50-57)65-56(59)49-47-45-43-41-39-37-34-18-16-14-12-10-8-6-4-2/h12,14,18,34,54H,3-11,13,15-17,19-33,35-53,57H2,1-2H3,(H,60,61)/b14-12-,34-18-. The lowest BCUT2D eigenvalue weighted by Crippen LogP contribution is -2.29. The van der Waals surface area contributed by atoms with Crippen LogP contribution >= 0.6 is 7.82 Å². The van der Waals surface area contributed by atoms with Crippen LogP contribution in [-0.2, 0) is 32.7 Å². The molecule has 10 heteroatoms. The van der Waals surface area contributed by atoms with Crippen LogP contribution < -0.4 is 5.73 Å². The minimum atomic E-state index is -4.38. The van der Waals surface area contributed by atoms with Gasteiger partial charge in [-0.25, -0.2) is 4.57 Å². The van der Waals surface area contributed by atoms with E-state index >= 15 is 0 Å². The number of esters is 2. The number of unbranched alkanes of at least 4 members (excludes halogenated alkanes) is 37. The molecule has 2 unspecified atom stereocenters. The first kappa shape index (κ1) is 64.5. The van der Waals surface area contributed by atoms with Gasteiger partial charge in [0, 0.05) is 19.4 Å². The Morgan fingerprint density at radius 3 is 1.18 bits per heavy atom. The maximum Gasteiger partial charge on any atom is 0.472 e. The van der Waals surface area contributed by atoms with Crippen molar-refractivity contribution in [3.05, 3.63) is 24.3 Å². The largest absolute Gasteiger partial charge is 0.472 e. The van der Waals surface area contributed by atoms with Gasteiger partial charge in [-0.1, -0.05) is 256 Å². The average molecular weight is 954 g/mol. The molecule has 9 nitrogen and oxygen atoms in total. The summed E-state index contributed by atoms with van der Waals surface area (Å²) in [6.07, 6.45) is 61.1. The highest BCUT2D eigenvalue weighted by molar-refractivity contribution is 7.47. The summed E-state index contributed by atoms with van der Waals surface area (Å²) >= 11 is 0. The van der Waals surface area contributed by atoms with Crippen molar-refractivity contribution in [3.8, 4) is 0 Å². The first-order valence-corrected chi connectivity index (χ1v) is 29.8. The van der Waals surface area contributed by atoms with Gasteiger partial charge in [-0.15, -0.1) is 0 Å². The van der Waals surface area contributed by atoms with Gasteiger partial charge < -0.3 is 20.1 Å². The van der Waals surface area contributed by atoms with E-state index in [1.54, 1.807) is 0 Å². The number of ether oxygens (including phenoxy) is 2. The van der Waals surface area contributed by atoms with E-state index in [0.717, 1.165) is 57.8 Å². The van der Waals surface area contributed by atoms with Crippen molar-refractivity contribution in [2.75, 3.05) is 26.4 Å². The molecule has 2 atom stereocenters. The lowest BCUT2D eigenvalue weighted by molar-refractivity contribution is -0.161. The van der Waals surface area contributed by atoms with Gasteiger partial charge in [0.25, 0.3) is 0 Å². The fourth-order valence-corrected chi connectivity index (χ4v) is 9.14. The first-order valence-electron chi connectivity index (χ1n) is 28.3. The summed E-state index contributed by atoms with van der Waals surface area (Å²) in [5.41, 5.74) is 5.37.